The third-order valence-corrected chi connectivity index (χ3v) is 5.84. The Morgan fingerprint density at radius 2 is 1.67 bits per heavy atom. The maximum absolute atomic E-state index is 13.2. The summed E-state index contributed by atoms with van der Waals surface area (Å²) in [5.74, 6) is 0.272. The van der Waals surface area contributed by atoms with Gasteiger partial charge in [0.25, 0.3) is 0 Å². The Hall–Kier alpha value is -3.00. The van der Waals surface area contributed by atoms with Crippen LogP contribution in [-0.2, 0) is 14.3 Å². The van der Waals surface area contributed by atoms with Crippen molar-refractivity contribution in [1.29, 1.82) is 0 Å². The molecule has 156 valence electrons. The smallest absolute Gasteiger partial charge is 0.336 e. The van der Waals surface area contributed by atoms with Gasteiger partial charge in [0.05, 0.1) is 32.6 Å². The lowest BCUT2D eigenvalue weighted by Gasteiger charge is -2.32. The van der Waals surface area contributed by atoms with E-state index >= 15 is 0 Å². The van der Waals surface area contributed by atoms with E-state index in [9.17, 15) is 9.59 Å². The zero-order chi connectivity index (χ0) is 21.4. The predicted molar refractivity (Wildman–Crippen MR) is 113 cm³/mol. The normalized spacial score (nSPS) is 18.3. The number of rotatable bonds is 5. The Morgan fingerprint density at radius 3 is 2.30 bits per heavy atom. The molecule has 2 heterocycles. The monoisotopic (exact) mass is 473 g/mol. The van der Waals surface area contributed by atoms with Crippen molar-refractivity contribution in [3.8, 4) is 17.2 Å². The summed E-state index contributed by atoms with van der Waals surface area (Å²) < 4.78 is 22.7. The zero-order valence-corrected chi connectivity index (χ0v) is 18.3. The summed E-state index contributed by atoms with van der Waals surface area (Å²) in [6.45, 7) is 0.0437. The molecule has 0 unspecified atom stereocenters. The lowest BCUT2D eigenvalue weighted by molar-refractivity contribution is -0.136. The van der Waals surface area contributed by atoms with Crippen LogP contribution in [0.5, 0.6) is 17.2 Å². The van der Waals surface area contributed by atoms with Crippen molar-refractivity contribution >= 4 is 33.5 Å². The highest BCUT2D eigenvalue weighted by molar-refractivity contribution is 9.10. The van der Waals surface area contributed by atoms with Gasteiger partial charge in [-0.25, -0.2) is 4.79 Å². The lowest BCUT2D eigenvalue weighted by Crippen LogP contribution is -2.37. The van der Waals surface area contributed by atoms with Crippen LogP contribution >= 0.6 is 15.9 Å². The molecule has 0 aliphatic carbocycles. The molecule has 2 aromatic rings. The van der Waals surface area contributed by atoms with Crippen molar-refractivity contribution in [2.75, 3.05) is 32.8 Å². The van der Waals surface area contributed by atoms with Crippen LogP contribution in [0.4, 0.5) is 5.69 Å². The molecule has 30 heavy (non-hydrogen) atoms. The number of methoxy groups -OCH3 is 3. The molecule has 2 aromatic carbocycles. The van der Waals surface area contributed by atoms with Crippen LogP contribution in [0.25, 0.3) is 0 Å². The average Bonchev–Trinajstić information content (AvgIpc) is 3.14. The van der Waals surface area contributed by atoms with Gasteiger partial charge < -0.3 is 18.9 Å². The van der Waals surface area contributed by atoms with E-state index in [2.05, 4.69) is 15.9 Å². The van der Waals surface area contributed by atoms with Crippen molar-refractivity contribution in [2.45, 2.75) is 12.3 Å². The van der Waals surface area contributed by atoms with E-state index in [4.69, 9.17) is 18.9 Å². The Balaban J connectivity index is 1.86. The summed E-state index contributed by atoms with van der Waals surface area (Å²) in [6.07, 6.45) is 0.0931. The number of halogens is 1. The van der Waals surface area contributed by atoms with Gasteiger partial charge in [0.1, 0.15) is 6.61 Å². The number of nitrogens with zero attached hydrogens (tertiary/aromatic N) is 1. The minimum Gasteiger partial charge on any atom is -0.493 e. The van der Waals surface area contributed by atoms with Gasteiger partial charge in [0.2, 0.25) is 11.7 Å². The van der Waals surface area contributed by atoms with Crippen LogP contribution in [0, 0.1) is 0 Å². The molecule has 0 bridgehead atoms. The van der Waals surface area contributed by atoms with E-state index in [1.807, 2.05) is 24.3 Å². The maximum atomic E-state index is 13.2. The first kappa shape index (κ1) is 20.3. The van der Waals surface area contributed by atoms with Crippen LogP contribution in [0.1, 0.15) is 17.9 Å². The number of carbonyl (C=O) groups is 2. The molecule has 0 saturated carbocycles. The van der Waals surface area contributed by atoms with Crippen molar-refractivity contribution < 1.29 is 28.5 Å². The second-order valence-corrected chi connectivity index (χ2v) is 7.74. The number of esters is 1. The van der Waals surface area contributed by atoms with Gasteiger partial charge in [0.15, 0.2) is 11.5 Å². The van der Waals surface area contributed by atoms with E-state index < -0.39 is 11.9 Å². The molecule has 0 saturated heterocycles. The van der Waals surface area contributed by atoms with Gasteiger partial charge in [-0.05, 0) is 30.3 Å². The fourth-order valence-corrected chi connectivity index (χ4v) is 4.27. The summed E-state index contributed by atoms with van der Waals surface area (Å²) >= 11 is 3.40. The number of amides is 1. The molecule has 0 spiro atoms. The molecule has 4 rings (SSSR count). The minimum atomic E-state index is -0.510. The molecule has 0 fully saturated rings. The van der Waals surface area contributed by atoms with Gasteiger partial charge in [-0.1, -0.05) is 22.0 Å². The van der Waals surface area contributed by atoms with Crippen molar-refractivity contribution in [3.05, 3.63) is 57.7 Å². The van der Waals surface area contributed by atoms with Gasteiger partial charge in [-0.15, -0.1) is 0 Å². The summed E-state index contributed by atoms with van der Waals surface area (Å²) in [4.78, 5) is 27.5. The number of hydrogen-bond donors (Lipinski definition) is 0. The number of benzene rings is 2. The molecule has 8 heteroatoms. The summed E-state index contributed by atoms with van der Waals surface area (Å²) in [5.41, 5.74) is 2.38. The number of anilines is 1. The quantitative estimate of drug-likeness (QED) is 0.614. The SMILES string of the molecule is COc1ccc([C@H]2CC(=O)N(c3ccc(Br)cc3)C3=C2C(=O)OC3)c(OC)c1OC. The zero-order valence-electron chi connectivity index (χ0n) is 16.7. The molecule has 2 aliphatic rings. The molecule has 2 aliphatic heterocycles. The fraction of sp³-hybridized carbons (Fsp3) is 0.273. The maximum Gasteiger partial charge on any atom is 0.336 e. The summed E-state index contributed by atoms with van der Waals surface area (Å²) in [6, 6.07) is 10.9. The van der Waals surface area contributed by atoms with Crippen molar-refractivity contribution in [1.82, 2.24) is 0 Å². The Labute approximate surface area is 182 Å². The molecule has 1 amide bonds. The second-order valence-electron chi connectivity index (χ2n) is 6.82. The first-order valence-electron chi connectivity index (χ1n) is 9.27. The topological polar surface area (TPSA) is 74.3 Å². The van der Waals surface area contributed by atoms with E-state index in [0.29, 0.717) is 39.8 Å². The summed E-state index contributed by atoms with van der Waals surface area (Å²) in [7, 11) is 4.56. The highest BCUT2D eigenvalue weighted by Crippen LogP contribution is 2.49. The first-order chi connectivity index (χ1) is 14.5. The molecule has 0 radical (unpaired) electrons. The standard InChI is InChI=1S/C22H20BrNO6/c1-27-17-9-8-14(20(28-2)21(17)29-3)15-10-18(25)24(13-6-4-12(23)5-7-13)16-11-30-22(26)19(15)16/h4-9,15H,10-11H2,1-3H3/t15-/m1/s1. The third kappa shape index (κ3) is 3.21. The first-order valence-corrected chi connectivity index (χ1v) is 10.1. The third-order valence-electron chi connectivity index (χ3n) is 5.31. The van der Waals surface area contributed by atoms with Crippen LogP contribution in [-0.4, -0.2) is 39.8 Å². The largest absolute Gasteiger partial charge is 0.493 e. The van der Waals surface area contributed by atoms with Gasteiger partial charge >= 0.3 is 5.97 Å². The van der Waals surface area contributed by atoms with Crippen molar-refractivity contribution in [3.63, 3.8) is 0 Å². The molecule has 0 aromatic heterocycles. The molecular formula is C22H20BrNO6. The molecule has 0 N–H and O–H groups in total. The second kappa shape index (κ2) is 8.02. The van der Waals surface area contributed by atoms with Gasteiger partial charge in [0, 0.05) is 28.1 Å². The summed E-state index contributed by atoms with van der Waals surface area (Å²) in [5, 5.41) is 0. The highest BCUT2D eigenvalue weighted by atomic mass is 79.9. The Kier molecular flexibility index (Phi) is 5.42. The Bertz CT molecular complexity index is 1050. The average molecular weight is 474 g/mol. The highest BCUT2D eigenvalue weighted by Gasteiger charge is 2.44. The van der Waals surface area contributed by atoms with E-state index in [1.165, 1.54) is 21.3 Å². The van der Waals surface area contributed by atoms with Crippen LogP contribution < -0.4 is 19.1 Å². The lowest BCUT2D eigenvalue weighted by atomic mass is 9.83. The van der Waals surface area contributed by atoms with Crippen LogP contribution in [0.3, 0.4) is 0 Å². The molecular weight excluding hydrogens is 454 g/mol. The van der Waals surface area contributed by atoms with Gasteiger partial charge in [-0.3, -0.25) is 9.69 Å². The Morgan fingerprint density at radius 1 is 0.967 bits per heavy atom. The number of ether oxygens (including phenoxy) is 4. The number of carbonyl (C=O) groups excluding carboxylic acids is 2. The van der Waals surface area contributed by atoms with Gasteiger partial charge in [-0.2, -0.15) is 0 Å². The molecule has 1 atom stereocenters. The molecule has 7 nitrogen and oxygen atoms in total. The van der Waals surface area contributed by atoms with Crippen LogP contribution in [0.15, 0.2) is 52.1 Å². The minimum absolute atomic E-state index is 0.0437. The van der Waals surface area contributed by atoms with E-state index in [0.717, 1.165) is 4.47 Å². The van der Waals surface area contributed by atoms with E-state index in [-0.39, 0.29) is 18.9 Å². The number of hydrogen-bond acceptors (Lipinski definition) is 6. The fourth-order valence-electron chi connectivity index (χ4n) is 4.01. The number of cyclic esters (lactones) is 1. The van der Waals surface area contributed by atoms with Crippen molar-refractivity contribution in [2.24, 2.45) is 0 Å². The van der Waals surface area contributed by atoms with E-state index in [1.54, 1.807) is 17.0 Å². The van der Waals surface area contributed by atoms with Crippen LogP contribution in [0.2, 0.25) is 0 Å². The predicted octanol–water partition coefficient (Wildman–Crippen LogP) is 3.81.